The van der Waals surface area contributed by atoms with Gasteiger partial charge in [0.2, 0.25) is 0 Å². The number of carbonyl (C=O) groups is 2. The molecule has 0 bridgehead atoms. The van der Waals surface area contributed by atoms with Crippen LogP contribution in [0.1, 0.15) is 96.2 Å². The maximum Gasteiger partial charge on any atom is 0.341 e. The van der Waals surface area contributed by atoms with Crippen LogP contribution in [0.2, 0.25) is 0 Å². The van der Waals surface area contributed by atoms with Gasteiger partial charge in [-0.15, -0.1) is 11.3 Å². The zero-order valence-electron chi connectivity index (χ0n) is 19.3. The Morgan fingerprint density at radius 3 is 2.00 bits per heavy atom. The minimum atomic E-state index is -0.470. The molecule has 0 unspecified atom stereocenters. The molecule has 2 N–H and O–H groups in total. The zero-order chi connectivity index (χ0) is 22.8. The number of rotatable bonds is 4. The van der Waals surface area contributed by atoms with Crippen molar-refractivity contribution in [2.24, 2.45) is 0 Å². The third-order valence-electron chi connectivity index (χ3n) is 5.80. The van der Waals surface area contributed by atoms with E-state index in [1.165, 1.54) is 81.1 Å². The Morgan fingerprint density at radius 2 is 1.52 bits per heavy atom. The highest BCUT2D eigenvalue weighted by Gasteiger charge is 2.26. The summed E-state index contributed by atoms with van der Waals surface area (Å²) in [6.45, 7) is 1.77. The summed E-state index contributed by atoms with van der Waals surface area (Å²) in [6, 6.07) is 0.324. The second-order valence-electron chi connectivity index (χ2n) is 8.51. The van der Waals surface area contributed by atoms with Crippen molar-refractivity contribution in [3.63, 3.8) is 0 Å². The van der Waals surface area contributed by atoms with E-state index >= 15 is 0 Å². The van der Waals surface area contributed by atoms with Crippen LogP contribution in [-0.2, 0) is 4.74 Å². The summed E-state index contributed by atoms with van der Waals surface area (Å²) < 4.78 is 4.96. The van der Waals surface area contributed by atoms with Crippen LogP contribution in [-0.4, -0.2) is 49.1 Å². The number of hydrogen-bond donors (Lipinski definition) is 2. The first-order chi connectivity index (χ1) is 14.8. The van der Waals surface area contributed by atoms with Gasteiger partial charge < -0.3 is 20.3 Å². The first-order valence-corrected chi connectivity index (χ1v) is 12.6. The highest BCUT2D eigenvalue weighted by atomic mass is 32.1. The van der Waals surface area contributed by atoms with E-state index in [-0.39, 0.29) is 5.91 Å². The van der Waals surface area contributed by atoms with Gasteiger partial charge in [0.15, 0.2) is 5.11 Å². The monoisotopic (exact) mass is 467 g/mol. The van der Waals surface area contributed by atoms with Gasteiger partial charge in [0, 0.05) is 20.1 Å². The number of nitrogens with one attached hydrogen (secondary N) is 2. The fraction of sp³-hybridized carbons (Fsp3) is 0.696. The van der Waals surface area contributed by atoms with Gasteiger partial charge in [0.25, 0.3) is 5.91 Å². The van der Waals surface area contributed by atoms with Gasteiger partial charge in [-0.3, -0.25) is 4.79 Å². The molecule has 0 atom stereocenters. The second kappa shape index (κ2) is 13.0. The lowest BCUT2D eigenvalue weighted by molar-refractivity contribution is 0.0601. The SMILES string of the molecule is COC(=O)c1c(NC(=S)NC2CCCCCCCCCCC2)sc(C(=O)N(C)C)c1C. The number of ether oxygens (including phenoxy) is 1. The van der Waals surface area contributed by atoms with Crippen molar-refractivity contribution in [1.29, 1.82) is 0 Å². The maximum absolute atomic E-state index is 12.5. The molecule has 1 amide bonds. The van der Waals surface area contributed by atoms with E-state index in [1.807, 2.05) is 0 Å². The summed E-state index contributed by atoms with van der Waals surface area (Å²) in [5.41, 5.74) is 0.993. The normalized spacial score (nSPS) is 16.5. The van der Waals surface area contributed by atoms with Gasteiger partial charge in [-0.2, -0.15) is 0 Å². The molecule has 0 radical (unpaired) electrons. The van der Waals surface area contributed by atoms with Crippen molar-refractivity contribution in [3.8, 4) is 0 Å². The Morgan fingerprint density at radius 1 is 1.00 bits per heavy atom. The van der Waals surface area contributed by atoms with E-state index in [0.29, 0.717) is 32.2 Å². The molecule has 1 aromatic heterocycles. The number of thiophene rings is 1. The molecule has 0 aromatic carbocycles. The average Bonchev–Trinajstić information content (AvgIpc) is 3.04. The van der Waals surface area contributed by atoms with Crippen molar-refractivity contribution < 1.29 is 14.3 Å². The van der Waals surface area contributed by atoms with Crippen LogP contribution < -0.4 is 10.6 Å². The van der Waals surface area contributed by atoms with E-state index in [4.69, 9.17) is 17.0 Å². The second-order valence-corrected chi connectivity index (χ2v) is 9.94. The lowest BCUT2D eigenvalue weighted by atomic mass is 9.98. The number of carbonyl (C=O) groups excluding carboxylic acids is 2. The van der Waals surface area contributed by atoms with E-state index in [2.05, 4.69) is 10.6 Å². The number of anilines is 1. The van der Waals surface area contributed by atoms with E-state index in [0.717, 1.165) is 12.8 Å². The molecule has 6 nitrogen and oxygen atoms in total. The summed E-state index contributed by atoms with van der Waals surface area (Å²) in [7, 11) is 4.74. The number of amides is 1. The standard InChI is InChI=1S/C23H37N3O3S2/c1-16-18(22(28)29-4)20(31-19(16)21(27)26(2)3)25-23(30)24-17-14-12-10-8-6-5-7-9-11-13-15-17/h17H,5-15H2,1-4H3,(H2,24,25,30). The fourth-order valence-electron chi connectivity index (χ4n) is 3.99. The molecular formula is C23H37N3O3S2. The third-order valence-corrected chi connectivity index (χ3v) is 7.22. The van der Waals surface area contributed by atoms with Gasteiger partial charge in [-0.1, -0.05) is 57.8 Å². The van der Waals surface area contributed by atoms with Crippen LogP contribution >= 0.6 is 23.6 Å². The van der Waals surface area contributed by atoms with Gasteiger partial charge in [0.1, 0.15) is 5.00 Å². The summed E-state index contributed by atoms with van der Waals surface area (Å²) in [5.74, 6) is -0.609. The Kier molecular flexibility index (Phi) is 10.7. The molecule has 31 heavy (non-hydrogen) atoms. The number of methoxy groups -OCH3 is 1. The van der Waals surface area contributed by atoms with Crippen LogP contribution in [0.15, 0.2) is 0 Å². The number of esters is 1. The smallest absolute Gasteiger partial charge is 0.341 e. The number of hydrogen-bond acceptors (Lipinski definition) is 5. The molecule has 1 aliphatic carbocycles. The van der Waals surface area contributed by atoms with Crippen molar-refractivity contribution in [3.05, 3.63) is 16.0 Å². The molecule has 1 heterocycles. The minimum Gasteiger partial charge on any atom is -0.465 e. The third kappa shape index (κ3) is 7.75. The average molecular weight is 468 g/mol. The van der Waals surface area contributed by atoms with Gasteiger partial charge >= 0.3 is 5.97 Å². The molecule has 0 spiro atoms. The molecule has 0 aliphatic heterocycles. The fourth-order valence-corrected chi connectivity index (χ4v) is 5.54. The largest absolute Gasteiger partial charge is 0.465 e. The van der Waals surface area contributed by atoms with Crippen molar-refractivity contribution in [1.82, 2.24) is 10.2 Å². The predicted molar refractivity (Wildman–Crippen MR) is 132 cm³/mol. The first kappa shape index (κ1) is 25.6. The van der Waals surface area contributed by atoms with Gasteiger partial charge in [-0.25, -0.2) is 4.79 Å². The number of nitrogens with zero attached hydrogens (tertiary/aromatic N) is 1. The summed E-state index contributed by atoms with van der Waals surface area (Å²) in [6.07, 6.45) is 13.8. The Balaban J connectivity index is 2.10. The van der Waals surface area contributed by atoms with Crippen LogP contribution in [0, 0.1) is 6.92 Å². The molecule has 2 rings (SSSR count). The molecule has 1 fully saturated rings. The number of thiocarbonyl (C=S) groups is 1. The topological polar surface area (TPSA) is 70.7 Å². The Hall–Kier alpha value is -1.67. The summed E-state index contributed by atoms with van der Waals surface area (Å²) in [5, 5.41) is 7.69. The Bertz CT molecular complexity index is 749. The van der Waals surface area contributed by atoms with Gasteiger partial charge in [0.05, 0.1) is 17.6 Å². The van der Waals surface area contributed by atoms with Crippen LogP contribution in [0.25, 0.3) is 0 Å². The highest BCUT2D eigenvalue weighted by Crippen LogP contribution is 2.34. The van der Waals surface area contributed by atoms with E-state index in [9.17, 15) is 9.59 Å². The maximum atomic E-state index is 12.5. The molecule has 1 aliphatic rings. The van der Waals surface area contributed by atoms with Crippen LogP contribution in [0.3, 0.4) is 0 Å². The summed E-state index contributed by atoms with van der Waals surface area (Å²) in [4.78, 5) is 27.0. The lowest BCUT2D eigenvalue weighted by Gasteiger charge is -2.21. The van der Waals surface area contributed by atoms with Crippen molar-refractivity contribution in [2.45, 2.75) is 83.6 Å². The first-order valence-electron chi connectivity index (χ1n) is 11.4. The van der Waals surface area contributed by atoms with Crippen molar-refractivity contribution in [2.75, 3.05) is 26.5 Å². The molecule has 1 saturated carbocycles. The van der Waals surface area contributed by atoms with Crippen LogP contribution in [0.4, 0.5) is 5.00 Å². The molecule has 8 heteroatoms. The highest BCUT2D eigenvalue weighted by molar-refractivity contribution is 7.80. The predicted octanol–water partition coefficient (Wildman–Crippen LogP) is 5.50. The Labute approximate surface area is 196 Å². The lowest BCUT2D eigenvalue weighted by Crippen LogP contribution is -2.38. The van der Waals surface area contributed by atoms with E-state index < -0.39 is 5.97 Å². The molecule has 0 saturated heterocycles. The molecule has 1 aromatic rings. The van der Waals surface area contributed by atoms with E-state index in [1.54, 1.807) is 21.0 Å². The minimum absolute atomic E-state index is 0.140. The summed E-state index contributed by atoms with van der Waals surface area (Å²) >= 11 is 6.84. The molecular weight excluding hydrogens is 430 g/mol. The van der Waals surface area contributed by atoms with Gasteiger partial charge in [-0.05, 0) is 37.5 Å². The quantitative estimate of drug-likeness (QED) is 0.450. The van der Waals surface area contributed by atoms with Crippen LogP contribution in [0.5, 0.6) is 0 Å². The van der Waals surface area contributed by atoms with Crippen molar-refractivity contribution >= 4 is 45.5 Å². The molecule has 174 valence electrons. The zero-order valence-corrected chi connectivity index (χ0v) is 21.0.